The second-order valence-electron chi connectivity index (χ2n) is 3.63. The molecule has 19 heavy (non-hydrogen) atoms. The van der Waals surface area contributed by atoms with Crippen LogP contribution in [-0.4, -0.2) is 15.8 Å². The number of nitrogens with one attached hydrogen (secondary N) is 1. The Morgan fingerprint density at radius 1 is 1.53 bits per heavy atom. The van der Waals surface area contributed by atoms with Crippen molar-refractivity contribution in [3.05, 3.63) is 49.4 Å². The first-order valence-electron chi connectivity index (χ1n) is 5.15. The number of hydrogen-bond acceptors (Lipinski definition) is 5. The van der Waals surface area contributed by atoms with Gasteiger partial charge in [-0.25, -0.2) is 4.98 Å². The Morgan fingerprint density at radius 3 is 2.84 bits per heavy atom. The summed E-state index contributed by atoms with van der Waals surface area (Å²) < 4.78 is 0. The fourth-order valence-electron chi connectivity index (χ4n) is 1.39. The van der Waals surface area contributed by atoms with E-state index in [9.17, 15) is 14.9 Å². The van der Waals surface area contributed by atoms with E-state index in [1.54, 1.807) is 12.3 Å². The number of nitro groups is 1. The Bertz CT molecular complexity index is 656. The SMILES string of the molecule is Cc1nc(C(=O)Nc2ccc(Cl)c([N+](=O)[O-])c2)cs1. The van der Waals surface area contributed by atoms with E-state index in [2.05, 4.69) is 10.3 Å². The molecule has 98 valence electrons. The third kappa shape index (κ3) is 3.07. The zero-order valence-corrected chi connectivity index (χ0v) is 11.3. The Labute approximate surface area is 117 Å². The number of thiazole rings is 1. The molecule has 1 N–H and O–H groups in total. The molecule has 2 aromatic rings. The monoisotopic (exact) mass is 297 g/mol. The Hall–Kier alpha value is -1.99. The van der Waals surface area contributed by atoms with Crippen molar-refractivity contribution in [2.24, 2.45) is 0 Å². The summed E-state index contributed by atoms with van der Waals surface area (Å²) in [4.78, 5) is 26.0. The summed E-state index contributed by atoms with van der Waals surface area (Å²) >= 11 is 7.04. The predicted molar refractivity (Wildman–Crippen MR) is 72.9 cm³/mol. The van der Waals surface area contributed by atoms with Crippen molar-refractivity contribution in [2.75, 3.05) is 5.32 Å². The number of nitrogens with zero attached hydrogens (tertiary/aromatic N) is 2. The fraction of sp³-hybridized carbons (Fsp3) is 0.0909. The number of halogens is 1. The number of nitro benzene ring substituents is 1. The first kappa shape index (κ1) is 13.4. The van der Waals surface area contributed by atoms with E-state index >= 15 is 0 Å². The lowest BCUT2D eigenvalue weighted by atomic mass is 10.2. The normalized spacial score (nSPS) is 10.2. The molecule has 0 radical (unpaired) electrons. The lowest BCUT2D eigenvalue weighted by Crippen LogP contribution is -2.12. The number of rotatable bonds is 3. The zero-order chi connectivity index (χ0) is 14.0. The molecule has 0 spiro atoms. The summed E-state index contributed by atoms with van der Waals surface area (Å²) in [5.74, 6) is -0.416. The summed E-state index contributed by atoms with van der Waals surface area (Å²) in [5, 5.41) is 15.7. The number of amides is 1. The molecule has 0 aliphatic heterocycles. The van der Waals surface area contributed by atoms with Crippen molar-refractivity contribution in [3.63, 3.8) is 0 Å². The van der Waals surface area contributed by atoms with Crippen LogP contribution in [0.2, 0.25) is 5.02 Å². The van der Waals surface area contributed by atoms with Crippen LogP contribution in [0.15, 0.2) is 23.6 Å². The number of anilines is 1. The average Bonchev–Trinajstić information content (AvgIpc) is 2.78. The highest BCUT2D eigenvalue weighted by Gasteiger charge is 2.15. The van der Waals surface area contributed by atoms with Gasteiger partial charge in [-0.2, -0.15) is 0 Å². The fourth-order valence-corrected chi connectivity index (χ4v) is 2.17. The minimum absolute atomic E-state index is 0.0208. The largest absolute Gasteiger partial charge is 0.320 e. The molecule has 0 saturated carbocycles. The number of hydrogen-bond donors (Lipinski definition) is 1. The lowest BCUT2D eigenvalue weighted by Gasteiger charge is -2.03. The van der Waals surface area contributed by atoms with E-state index in [4.69, 9.17) is 11.6 Å². The molecule has 0 aliphatic rings. The number of carbonyl (C=O) groups excluding carboxylic acids is 1. The molecule has 1 aromatic heterocycles. The van der Waals surface area contributed by atoms with Crippen LogP contribution in [0, 0.1) is 17.0 Å². The van der Waals surface area contributed by atoms with E-state index in [1.165, 1.54) is 29.5 Å². The van der Waals surface area contributed by atoms with Crippen LogP contribution in [0.25, 0.3) is 0 Å². The predicted octanol–water partition coefficient (Wildman–Crippen LogP) is 3.27. The molecular formula is C11H8ClN3O3S. The van der Waals surface area contributed by atoms with Crippen LogP contribution in [0.5, 0.6) is 0 Å². The smallest absolute Gasteiger partial charge is 0.289 e. The van der Waals surface area contributed by atoms with Gasteiger partial charge in [-0.05, 0) is 19.1 Å². The summed E-state index contributed by atoms with van der Waals surface area (Å²) in [5.41, 5.74) is 0.320. The molecule has 1 amide bonds. The van der Waals surface area contributed by atoms with Gasteiger partial charge in [0, 0.05) is 17.1 Å². The van der Waals surface area contributed by atoms with E-state index in [0.717, 1.165) is 5.01 Å². The van der Waals surface area contributed by atoms with Crippen LogP contribution in [0.4, 0.5) is 11.4 Å². The zero-order valence-electron chi connectivity index (χ0n) is 9.71. The molecule has 0 fully saturated rings. The van der Waals surface area contributed by atoms with Gasteiger partial charge in [0.25, 0.3) is 11.6 Å². The van der Waals surface area contributed by atoms with Gasteiger partial charge in [0.05, 0.1) is 9.93 Å². The highest BCUT2D eigenvalue weighted by molar-refractivity contribution is 7.09. The van der Waals surface area contributed by atoms with E-state index in [1.807, 2.05) is 0 Å². The van der Waals surface area contributed by atoms with Crippen LogP contribution in [-0.2, 0) is 0 Å². The van der Waals surface area contributed by atoms with Crippen LogP contribution < -0.4 is 5.32 Å². The molecule has 0 bridgehead atoms. The van der Waals surface area contributed by atoms with Gasteiger partial charge in [0.15, 0.2) is 0 Å². The number of benzene rings is 1. The first-order chi connectivity index (χ1) is 8.97. The molecular weight excluding hydrogens is 290 g/mol. The first-order valence-corrected chi connectivity index (χ1v) is 6.40. The van der Waals surface area contributed by atoms with Gasteiger partial charge in [-0.15, -0.1) is 11.3 Å². The van der Waals surface area contributed by atoms with E-state index in [-0.39, 0.29) is 16.4 Å². The van der Waals surface area contributed by atoms with Crippen molar-refractivity contribution >= 4 is 40.2 Å². The standard InChI is InChI=1S/C11H8ClN3O3S/c1-6-13-9(5-19-6)11(16)14-7-2-3-8(12)10(4-7)15(17)18/h2-5H,1H3,(H,14,16). The van der Waals surface area contributed by atoms with E-state index < -0.39 is 10.8 Å². The van der Waals surface area contributed by atoms with E-state index in [0.29, 0.717) is 5.69 Å². The summed E-state index contributed by atoms with van der Waals surface area (Å²) in [6, 6.07) is 4.06. The second kappa shape index (κ2) is 5.33. The maximum Gasteiger partial charge on any atom is 0.289 e. The topological polar surface area (TPSA) is 85.1 Å². The van der Waals surface area contributed by atoms with Crippen molar-refractivity contribution in [1.29, 1.82) is 0 Å². The molecule has 6 nitrogen and oxygen atoms in total. The quantitative estimate of drug-likeness (QED) is 0.696. The van der Waals surface area contributed by atoms with Gasteiger partial charge in [-0.3, -0.25) is 14.9 Å². The molecule has 0 atom stereocenters. The molecule has 0 saturated heterocycles. The van der Waals surface area contributed by atoms with Crippen LogP contribution in [0.3, 0.4) is 0 Å². The second-order valence-corrected chi connectivity index (χ2v) is 5.10. The van der Waals surface area contributed by atoms with Gasteiger partial charge >= 0.3 is 0 Å². The summed E-state index contributed by atoms with van der Waals surface area (Å²) in [6.45, 7) is 1.79. The minimum atomic E-state index is -0.606. The summed E-state index contributed by atoms with van der Waals surface area (Å²) in [6.07, 6.45) is 0. The average molecular weight is 298 g/mol. The minimum Gasteiger partial charge on any atom is -0.320 e. The van der Waals surface area contributed by atoms with Gasteiger partial charge in [-0.1, -0.05) is 11.6 Å². The maximum atomic E-state index is 11.8. The number of carbonyl (C=O) groups is 1. The Morgan fingerprint density at radius 2 is 2.26 bits per heavy atom. The maximum absolute atomic E-state index is 11.8. The van der Waals surface area contributed by atoms with Crippen molar-refractivity contribution in [3.8, 4) is 0 Å². The highest BCUT2D eigenvalue weighted by atomic mass is 35.5. The number of aryl methyl sites for hydroxylation is 1. The molecule has 2 rings (SSSR count). The van der Waals surface area contributed by atoms with Crippen LogP contribution in [0.1, 0.15) is 15.5 Å². The third-order valence-electron chi connectivity index (χ3n) is 2.25. The van der Waals surface area contributed by atoms with Crippen molar-refractivity contribution in [1.82, 2.24) is 4.98 Å². The van der Waals surface area contributed by atoms with Gasteiger partial charge in [0.2, 0.25) is 0 Å². The van der Waals surface area contributed by atoms with Crippen molar-refractivity contribution in [2.45, 2.75) is 6.92 Å². The molecule has 1 heterocycles. The molecule has 0 aliphatic carbocycles. The Kier molecular flexibility index (Phi) is 3.77. The lowest BCUT2D eigenvalue weighted by molar-refractivity contribution is -0.384. The summed E-state index contributed by atoms with van der Waals surface area (Å²) in [7, 11) is 0. The highest BCUT2D eigenvalue weighted by Crippen LogP contribution is 2.27. The molecule has 8 heteroatoms. The third-order valence-corrected chi connectivity index (χ3v) is 3.35. The van der Waals surface area contributed by atoms with Crippen LogP contribution >= 0.6 is 22.9 Å². The van der Waals surface area contributed by atoms with Gasteiger partial charge < -0.3 is 5.32 Å². The number of aromatic nitrogens is 1. The Balaban J connectivity index is 2.22. The van der Waals surface area contributed by atoms with Gasteiger partial charge in [0.1, 0.15) is 10.7 Å². The van der Waals surface area contributed by atoms with Crippen molar-refractivity contribution < 1.29 is 9.72 Å². The molecule has 1 aromatic carbocycles. The molecule has 0 unspecified atom stereocenters.